The van der Waals surface area contributed by atoms with Crippen LogP contribution in [0.2, 0.25) is 0 Å². The number of aromatic nitrogens is 2. The molecule has 2 rings (SSSR count). The zero-order chi connectivity index (χ0) is 9.64. The second kappa shape index (κ2) is 5.28. The van der Waals surface area contributed by atoms with E-state index in [4.69, 9.17) is 0 Å². The molecule has 0 aromatic carbocycles. The Morgan fingerprint density at radius 1 is 0.714 bits per heavy atom. The van der Waals surface area contributed by atoms with E-state index in [-0.39, 0.29) is 0 Å². The standard InChI is InChI=1S/C10H8N2Se2/c1-3-7-11-9(5-1)13-14-10-6-2-4-8-12-10/h1-8H. The van der Waals surface area contributed by atoms with Crippen LogP contribution in [-0.4, -0.2) is 36.2 Å². The fourth-order valence-electron chi connectivity index (χ4n) is 0.878. The van der Waals surface area contributed by atoms with Crippen molar-refractivity contribution in [3.63, 3.8) is 0 Å². The molecule has 0 radical (unpaired) electrons. The van der Waals surface area contributed by atoms with Gasteiger partial charge in [-0.2, -0.15) is 0 Å². The van der Waals surface area contributed by atoms with Crippen LogP contribution in [0.15, 0.2) is 48.8 Å². The average Bonchev–Trinajstić information content (AvgIpc) is 2.29. The topological polar surface area (TPSA) is 25.8 Å². The first kappa shape index (κ1) is 9.88. The van der Waals surface area contributed by atoms with E-state index < -0.39 is 0 Å². The summed E-state index contributed by atoms with van der Waals surface area (Å²) in [6.07, 6.45) is 3.71. The van der Waals surface area contributed by atoms with Crippen molar-refractivity contribution in [2.24, 2.45) is 0 Å². The summed E-state index contributed by atoms with van der Waals surface area (Å²) < 4.78 is 2.43. The Morgan fingerprint density at radius 2 is 1.21 bits per heavy atom. The third-order valence-electron chi connectivity index (χ3n) is 1.49. The summed E-state index contributed by atoms with van der Waals surface area (Å²) in [5.74, 6) is 0. The summed E-state index contributed by atoms with van der Waals surface area (Å²) in [5.41, 5.74) is 0. The molecule has 0 atom stereocenters. The van der Waals surface area contributed by atoms with Gasteiger partial charge < -0.3 is 0 Å². The zero-order valence-electron chi connectivity index (χ0n) is 7.33. The first-order valence-electron chi connectivity index (χ1n) is 4.12. The van der Waals surface area contributed by atoms with E-state index in [1.54, 1.807) is 0 Å². The van der Waals surface area contributed by atoms with Crippen molar-refractivity contribution in [3.05, 3.63) is 48.8 Å². The van der Waals surface area contributed by atoms with Crippen LogP contribution in [0.3, 0.4) is 0 Å². The van der Waals surface area contributed by atoms with Gasteiger partial charge in [0.1, 0.15) is 0 Å². The molecule has 2 nitrogen and oxygen atoms in total. The monoisotopic (exact) mass is 316 g/mol. The van der Waals surface area contributed by atoms with Gasteiger partial charge in [0.05, 0.1) is 0 Å². The Hall–Kier alpha value is -0.661. The third-order valence-corrected chi connectivity index (χ3v) is 8.02. The maximum atomic E-state index is 4.31. The molecule has 0 aliphatic rings. The molecule has 0 saturated heterocycles. The minimum absolute atomic E-state index is 0.461. The van der Waals surface area contributed by atoms with Gasteiger partial charge in [0.25, 0.3) is 0 Å². The van der Waals surface area contributed by atoms with Crippen LogP contribution in [0.25, 0.3) is 0 Å². The van der Waals surface area contributed by atoms with E-state index in [0.29, 0.717) is 26.3 Å². The van der Waals surface area contributed by atoms with Gasteiger partial charge in [-0.25, -0.2) is 0 Å². The summed E-state index contributed by atoms with van der Waals surface area (Å²) in [6, 6.07) is 12.2. The van der Waals surface area contributed by atoms with Gasteiger partial charge in [0, 0.05) is 0 Å². The molecule has 0 spiro atoms. The van der Waals surface area contributed by atoms with Crippen molar-refractivity contribution >= 4 is 35.4 Å². The van der Waals surface area contributed by atoms with Gasteiger partial charge in [0.15, 0.2) is 0 Å². The molecule has 0 N–H and O–H groups in total. The third kappa shape index (κ3) is 2.93. The van der Waals surface area contributed by atoms with Crippen molar-refractivity contribution < 1.29 is 0 Å². The first-order valence-corrected chi connectivity index (χ1v) is 10.2. The van der Waals surface area contributed by atoms with Gasteiger partial charge >= 0.3 is 94.2 Å². The van der Waals surface area contributed by atoms with Crippen LogP contribution in [0.5, 0.6) is 0 Å². The van der Waals surface area contributed by atoms with E-state index in [1.807, 2.05) is 36.7 Å². The second-order valence-corrected chi connectivity index (χ2v) is 8.59. The molecule has 0 amide bonds. The molecule has 4 heteroatoms. The molecule has 2 aromatic heterocycles. The predicted octanol–water partition coefficient (Wildman–Crippen LogP) is -0.249. The molecule has 2 aromatic rings. The normalized spacial score (nSPS) is 10.0. The van der Waals surface area contributed by atoms with Crippen molar-refractivity contribution in [1.82, 2.24) is 9.97 Å². The number of nitrogens with zero attached hydrogens (tertiary/aromatic N) is 2. The van der Waals surface area contributed by atoms with Gasteiger partial charge in [-0.15, -0.1) is 0 Å². The van der Waals surface area contributed by atoms with Crippen LogP contribution < -0.4 is 9.18 Å². The van der Waals surface area contributed by atoms with Crippen molar-refractivity contribution in [3.8, 4) is 0 Å². The Balaban J connectivity index is 1.96. The molecule has 70 valence electrons. The van der Waals surface area contributed by atoms with Crippen molar-refractivity contribution in [2.45, 2.75) is 0 Å². The summed E-state index contributed by atoms with van der Waals surface area (Å²) in [7, 11) is 0. The Bertz CT molecular complexity index is 338. The molecule has 0 aliphatic carbocycles. The van der Waals surface area contributed by atoms with Crippen LogP contribution in [0.4, 0.5) is 0 Å². The van der Waals surface area contributed by atoms with E-state index in [9.17, 15) is 0 Å². The van der Waals surface area contributed by atoms with Gasteiger partial charge in [-0.05, 0) is 0 Å². The van der Waals surface area contributed by atoms with E-state index >= 15 is 0 Å². The van der Waals surface area contributed by atoms with E-state index in [1.165, 1.54) is 9.18 Å². The quantitative estimate of drug-likeness (QED) is 0.731. The number of hydrogen-bond acceptors (Lipinski definition) is 2. The van der Waals surface area contributed by atoms with Crippen molar-refractivity contribution in [2.75, 3.05) is 0 Å². The maximum absolute atomic E-state index is 4.31. The van der Waals surface area contributed by atoms with Crippen LogP contribution in [0, 0.1) is 0 Å². The van der Waals surface area contributed by atoms with Crippen LogP contribution in [0.1, 0.15) is 0 Å². The summed E-state index contributed by atoms with van der Waals surface area (Å²) in [4.78, 5) is 8.62. The van der Waals surface area contributed by atoms with Gasteiger partial charge in [-0.1, -0.05) is 0 Å². The van der Waals surface area contributed by atoms with Crippen LogP contribution >= 0.6 is 0 Å². The Morgan fingerprint density at radius 3 is 1.57 bits per heavy atom. The van der Waals surface area contributed by atoms with Gasteiger partial charge in [0.2, 0.25) is 0 Å². The number of pyridine rings is 2. The summed E-state index contributed by atoms with van der Waals surface area (Å²) in [5, 5.41) is 0. The number of rotatable bonds is 3. The summed E-state index contributed by atoms with van der Waals surface area (Å²) >= 11 is 0.922. The van der Waals surface area contributed by atoms with E-state index in [0.717, 1.165) is 0 Å². The van der Waals surface area contributed by atoms with E-state index in [2.05, 4.69) is 22.1 Å². The minimum atomic E-state index is 0.461. The van der Waals surface area contributed by atoms with Gasteiger partial charge in [-0.3, -0.25) is 0 Å². The second-order valence-electron chi connectivity index (χ2n) is 2.50. The molecule has 0 unspecified atom stereocenters. The van der Waals surface area contributed by atoms with Crippen LogP contribution in [-0.2, 0) is 0 Å². The molecule has 0 saturated carbocycles. The molecule has 0 fully saturated rings. The Kier molecular flexibility index (Phi) is 3.72. The first-order chi connectivity index (χ1) is 6.95. The predicted molar refractivity (Wildman–Crippen MR) is 59.3 cm³/mol. The molecular weight excluding hydrogens is 306 g/mol. The molecule has 0 aliphatic heterocycles. The SMILES string of the molecule is c1ccc([Se][Se]c2ccccn2)nc1. The van der Waals surface area contributed by atoms with Crippen molar-refractivity contribution in [1.29, 1.82) is 0 Å². The molecule has 0 bridgehead atoms. The fraction of sp³-hybridized carbons (Fsp3) is 0. The Labute approximate surface area is 94.0 Å². The molecular formula is C10H8N2Se2. The molecule has 2 heterocycles. The fourth-order valence-corrected chi connectivity index (χ4v) is 6.25. The average molecular weight is 314 g/mol. The number of hydrogen-bond donors (Lipinski definition) is 0. The zero-order valence-corrected chi connectivity index (χ0v) is 10.8. The summed E-state index contributed by atoms with van der Waals surface area (Å²) in [6.45, 7) is 0. The molecule has 14 heavy (non-hydrogen) atoms.